The lowest BCUT2D eigenvalue weighted by Gasteiger charge is -2.40. The van der Waals surface area contributed by atoms with Gasteiger partial charge in [-0.2, -0.15) is 0 Å². The number of amides is 1. The molecule has 2 N–H and O–H groups in total. The highest BCUT2D eigenvalue weighted by molar-refractivity contribution is 7.15. The van der Waals surface area contributed by atoms with E-state index in [1.165, 1.54) is 17.4 Å². The molecule has 21 heavy (non-hydrogen) atoms. The number of hydrogen-bond donors (Lipinski definition) is 2. The van der Waals surface area contributed by atoms with Crippen LogP contribution in [0.15, 0.2) is 12.1 Å². The summed E-state index contributed by atoms with van der Waals surface area (Å²) in [5.74, 6) is -1.14. The van der Waals surface area contributed by atoms with Crippen molar-refractivity contribution >= 4 is 29.3 Å². The van der Waals surface area contributed by atoms with Crippen molar-refractivity contribution in [3.8, 4) is 0 Å². The van der Waals surface area contributed by atoms with Gasteiger partial charge in [0, 0.05) is 24.6 Å². The predicted molar refractivity (Wildman–Crippen MR) is 81.7 cm³/mol. The molecule has 1 saturated carbocycles. The summed E-state index contributed by atoms with van der Waals surface area (Å²) in [6, 6.07) is 1.78. The zero-order chi connectivity index (χ0) is 15.5. The van der Waals surface area contributed by atoms with Gasteiger partial charge in [-0.1, -0.05) is 0 Å². The molecule has 114 valence electrons. The molecule has 0 radical (unpaired) electrons. The van der Waals surface area contributed by atoms with Crippen LogP contribution in [0.2, 0.25) is 0 Å². The van der Waals surface area contributed by atoms with E-state index in [1.807, 2.05) is 6.92 Å². The molecule has 0 aromatic carbocycles. The Bertz CT molecular complexity index is 567. The third-order valence-electron chi connectivity index (χ3n) is 3.83. The van der Waals surface area contributed by atoms with Crippen molar-refractivity contribution in [2.75, 3.05) is 13.7 Å². The van der Waals surface area contributed by atoms with Crippen LogP contribution >= 0.6 is 11.3 Å². The molecular formula is C15H19NO4S. The van der Waals surface area contributed by atoms with Crippen molar-refractivity contribution in [1.29, 1.82) is 0 Å². The molecular weight excluding hydrogens is 290 g/mol. The molecule has 5 nitrogen and oxygen atoms in total. The Morgan fingerprint density at radius 2 is 2.24 bits per heavy atom. The molecule has 0 aliphatic heterocycles. The molecule has 1 amide bonds. The molecule has 1 fully saturated rings. The van der Waals surface area contributed by atoms with Crippen LogP contribution < -0.4 is 5.32 Å². The number of thiophene rings is 1. The number of aliphatic carboxylic acids is 1. The fourth-order valence-corrected chi connectivity index (χ4v) is 3.27. The summed E-state index contributed by atoms with van der Waals surface area (Å²) in [5, 5.41) is 11.5. The normalized spacial score (nSPS) is 16.7. The van der Waals surface area contributed by atoms with E-state index in [1.54, 1.807) is 13.2 Å². The third-order valence-corrected chi connectivity index (χ3v) is 5.03. The Morgan fingerprint density at radius 3 is 2.76 bits per heavy atom. The van der Waals surface area contributed by atoms with Gasteiger partial charge in [0.1, 0.15) is 0 Å². The van der Waals surface area contributed by atoms with E-state index >= 15 is 0 Å². The van der Waals surface area contributed by atoms with Gasteiger partial charge in [0.2, 0.25) is 0 Å². The van der Waals surface area contributed by atoms with Crippen LogP contribution in [-0.4, -0.2) is 36.2 Å². The molecule has 1 aliphatic carbocycles. The van der Waals surface area contributed by atoms with Crippen molar-refractivity contribution in [3.05, 3.63) is 27.5 Å². The van der Waals surface area contributed by atoms with E-state index in [4.69, 9.17) is 9.84 Å². The van der Waals surface area contributed by atoms with Crippen molar-refractivity contribution in [3.63, 3.8) is 0 Å². The third kappa shape index (κ3) is 3.71. The zero-order valence-electron chi connectivity index (χ0n) is 12.1. The number of aryl methyl sites for hydroxylation is 1. The quantitative estimate of drug-likeness (QED) is 0.792. The molecule has 1 aromatic rings. The van der Waals surface area contributed by atoms with Gasteiger partial charge in [-0.15, -0.1) is 11.3 Å². The average Bonchev–Trinajstić information content (AvgIpc) is 2.77. The number of nitrogens with one attached hydrogen (secondary N) is 1. The van der Waals surface area contributed by atoms with E-state index in [9.17, 15) is 9.59 Å². The first-order chi connectivity index (χ1) is 9.96. The molecule has 0 bridgehead atoms. The number of rotatable bonds is 6. The highest BCUT2D eigenvalue weighted by Crippen LogP contribution is 2.34. The summed E-state index contributed by atoms with van der Waals surface area (Å²) in [5.41, 5.74) is 0.696. The van der Waals surface area contributed by atoms with Crippen molar-refractivity contribution in [2.24, 2.45) is 0 Å². The Morgan fingerprint density at radius 1 is 1.52 bits per heavy atom. The lowest BCUT2D eigenvalue weighted by atomic mass is 9.80. The second-order valence-corrected chi connectivity index (χ2v) is 6.34. The standard InChI is InChI=1S/C15H19NO4S/c1-10-8-12(21-11(10)4-5-13(17)18)14(19)16-9-15(20-2)6-3-7-15/h4-5,8H,3,6-7,9H2,1-2H3,(H,16,19)(H,17,18)/b5-4+. The van der Waals surface area contributed by atoms with Crippen LogP contribution in [0.5, 0.6) is 0 Å². The topological polar surface area (TPSA) is 75.6 Å². The molecule has 0 atom stereocenters. The van der Waals surface area contributed by atoms with Crippen molar-refractivity contribution in [2.45, 2.75) is 31.8 Å². The SMILES string of the molecule is COC1(CNC(=O)c2cc(C)c(/C=C/C(=O)O)s2)CCC1. The van der Waals surface area contributed by atoms with Crippen LogP contribution in [-0.2, 0) is 9.53 Å². The first-order valence-electron chi connectivity index (χ1n) is 6.80. The lowest BCUT2D eigenvalue weighted by molar-refractivity contribution is -0.131. The average molecular weight is 309 g/mol. The Labute approximate surface area is 127 Å². The minimum absolute atomic E-state index is 0.138. The van der Waals surface area contributed by atoms with Gasteiger partial charge < -0.3 is 15.2 Å². The number of carbonyl (C=O) groups is 2. The second-order valence-electron chi connectivity index (χ2n) is 5.25. The summed E-state index contributed by atoms with van der Waals surface area (Å²) in [6.45, 7) is 2.37. The van der Waals surface area contributed by atoms with Gasteiger partial charge in [-0.05, 0) is 43.9 Å². The molecule has 2 rings (SSSR count). The highest BCUT2D eigenvalue weighted by atomic mass is 32.1. The summed E-state index contributed by atoms with van der Waals surface area (Å²) in [7, 11) is 1.68. The van der Waals surface area contributed by atoms with Gasteiger partial charge in [0.05, 0.1) is 10.5 Å². The van der Waals surface area contributed by atoms with Gasteiger partial charge in [-0.25, -0.2) is 4.79 Å². The van der Waals surface area contributed by atoms with E-state index in [0.717, 1.165) is 35.8 Å². The largest absolute Gasteiger partial charge is 0.478 e. The highest BCUT2D eigenvalue weighted by Gasteiger charge is 2.37. The molecule has 6 heteroatoms. The Kier molecular flexibility index (Phi) is 4.80. The molecule has 0 saturated heterocycles. The summed E-state index contributed by atoms with van der Waals surface area (Å²) in [4.78, 5) is 24.1. The maximum absolute atomic E-state index is 12.2. The van der Waals surface area contributed by atoms with E-state index in [2.05, 4.69) is 5.32 Å². The summed E-state index contributed by atoms with van der Waals surface area (Å²) < 4.78 is 5.47. The number of methoxy groups -OCH3 is 1. The maximum atomic E-state index is 12.2. The molecule has 0 unspecified atom stereocenters. The summed E-state index contributed by atoms with van der Waals surface area (Å²) in [6.07, 6.45) is 5.67. The van der Waals surface area contributed by atoms with Crippen molar-refractivity contribution in [1.82, 2.24) is 5.32 Å². The monoisotopic (exact) mass is 309 g/mol. The molecule has 1 aromatic heterocycles. The first-order valence-corrected chi connectivity index (χ1v) is 7.62. The minimum atomic E-state index is -0.999. The van der Waals surface area contributed by atoms with Crippen LogP contribution in [0.3, 0.4) is 0 Å². The van der Waals surface area contributed by atoms with Crippen molar-refractivity contribution < 1.29 is 19.4 Å². The smallest absolute Gasteiger partial charge is 0.328 e. The first kappa shape index (κ1) is 15.7. The Balaban J connectivity index is 1.99. The molecule has 1 heterocycles. The van der Waals surface area contributed by atoms with Gasteiger partial charge in [0.15, 0.2) is 0 Å². The second kappa shape index (κ2) is 6.41. The van der Waals surface area contributed by atoms with E-state index < -0.39 is 5.97 Å². The van der Waals surface area contributed by atoms with Gasteiger partial charge in [-0.3, -0.25) is 4.79 Å². The number of hydrogen-bond acceptors (Lipinski definition) is 4. The lowest BCUT2D eigenvalue weighted by Crippen LogP contribution is -2.49. The number of carbonyl (C=O) groups excluding carboxylic acids is 1. The van der Waals surface area contributed by atoms with Gasteiger partial charge in [0.25, 0.3) is 5.91 Å². The zero-order valence-corrected chi connectivity index (χ0v) is 13.0. The maximum Gasteiger partial charge on any atom is 0.328 e. The van der Waals surface area contributed by atoms with Crippen LogP contribution in [0.4, 0.5) is 0 Å². The number of ether oxygens (including phenoxy) is 1. The molecule has 1 aliphatic rings. The number of carboxylic acid groups (broad SMARTS) is 1. The van der Waals surface area contributed by atoms with Gasteiger partial charge >= 0.3 is 5.97 Å². The van der Waals surface area contributed by atoms with E-state index in [0.29, 0.717) is 11.4 Å². The van der Waals surface area contributed by atoms with Crippen LogP contribution in [0, 0.1) is 6.92 Å². The summed E-state index contributed by atoms with van der Waals surface area (Å²) >= 11 is 1.29. The Hall–Kier alpha value is -1.66. The minimum Gasteiger partial charge on any atom is -0.478 e. The predicted octanol–water partition coefficient (Wildman–Crippen LogP) is 2.45. The van der Waals surface area contributed by atoms with Crippen LogP contribution in [0.25, 0.3) is 6.08 Å². The molecule has 0 spiro atoms. The van der Waals surface area contributed by atoms with E-state index in [-0.39, 0.29) is 11.5 Å². The van der Waals surface area contributed by atoms with Crippen LogP contribution in [0.1, 0.15) is 39.4 Å². The number of carboxylic acids is 1. The fourth-order valence-electron chi connectivity index (χ4n) is 2.27. The fraction of sp³-hybridized carbons (Fsp3) is 0.467.